The van der Waals surface area contributed by atoms with Crippen molar-refractivity contribution in [1.82, 2.24) is 0 Å². The smallest absolute Gasteiger partial charge is 0.359 e. The van der Waals surface area contributed by atoms with Crippen molar-refractivity contribution < 1.29 is 25.3 Å². The molecule has 5 rings (SSSR count). The Kier molecular flexibility index (Phi) is 7.73. The van der Waals surface area contributed by atoms with Gasteiger partial charge >= 0.3 is 20.2 Å². The number of benzene rings is 4. The van der Waals surface area contributed by atoms with E-state index in [0.717, 1.165) is 11.1 Å². The second kappa shape index (κ2) is 11.2. The van der Waals surface area contributed by atoms with Gasteiger partial charge < -0.3 is 4.18 Å². The molecule has 8 nitrogen and oxygen atoms in total. The topological polar surface area (TPSA) is 123 Å². The van der Waals surface area contributed by atoms with Gasteiger partial charge in [-0.1, -0.05) is 83.1 Å². The molecular formula is C30H22N2O6S3. The van der Waals surface area contributed by atoms with Crippen LogP contribution in [-0.4, -0.2) is 22.5 Å². The monoisotopic (exact) mass is 602 g/mol. The molecule has 4 aromatic rings. The minimum absolute atomic E-state index is 0.0237. The summed E-state index contributed by atoms with van der Waals surface area (Å²) in [5.41, 5.74) is 2.94. The third-order valence-corrected chi connectivity index (χ3v) is 9.56. The van der Waals surface area contributed by atoms with Crippen molar-refractivity contribution in [2.45, 2.75) is 23.6 Å². The van der Waals surface area contributed by atoms with E-state index in [1.165, 1.54) is 42.1 Å². The van der Waals surface area contributed by atoms with Crippen molar-refractivity contribution in [3.8, 4) is 11.8 Å². The fourth-order valence-corrected chi connectivity index (χ4v) is 6.95. The summed E-state index contributed by atoms with van der Waals surface area (Å²) in [6.07, 6.45) is 1.55. The molecule has 0 fully saturated rings. The molecule has 11 heteroatoms. The molecule has 0 aliphatic carbocycles. The SMILES string of the molecule is Cc1ccc(S(=O)(=O)Oc2cccc3cccc(S(=O)(=O)O/N=C4/C=CS/C4=C(/C#N)c4ccccc4C)c23)cc1. The van der Waals surface area contributed by atoms with Gasteiger partial charge in [0.1, 0.15) is 21.6 Å². The molecule has 0 unspecified atom stereocenters. The van der Waals surface area contributed by atoms with Crippen molar-refractivity contribution >= 4 is 54.1 Å². The summed E-state index contributed by atoms with van der Waals surface area (Å²) >= 11 is 1.23. The molecule has 0 aromatic heterocycles. The number of oxime groups is 1. The molecule has 1 aliphatic heterocycles. The third-order valence-electron chi connectivity index (χ3n) is 6.24. The predicted octanol–water partition coefficient (Wildman–Crippen LogP) is 6.48. The minimum Gasteiger partial charge on any atom is -0.378 e. The van der Waals surface area contributed by atoms with Crippen LogP contribution in [0.2, 0.25) is 0 Å². The van der Waals surface area contributed by atoms with Gasteiger partial charge in [0.25, 0.3) is 0 Å². The van der Waals surface area contributed by atoms with Crippen LogP contribution in [0.3, 0.4) is 0 Å². The van der Waals surface area contributed by atoms with Crippen LogP contribution in [0.15, 0.2) is 116 Å². The van der Waals surface area contributed by atoms with Gasteiger partial charge in [-0.2, -0.15) is 22.1 Å². The molecule has 206 valence electrons. The van der Waals surface area contributed by atoms with Crippen LogP contribution in [0.5, 0.6) is 5.75 Å². The lowest BCUT2D eigenvalue weighted by Crippen LogP contribution is -2.11. The van der Waals surface area contributed by atoms with E-state index in [9.17, 15) is 22.1 Å². The molecule has 0 saturated carbocycles. The first-order valence-corrected chi connectivity index (χ1v) is 15.9. The number of hydrogen-bond acceptors (Lipinski definition) is 9. The van der Waals surface area contributed by atoms with Gasteiger partial charge in [0.05, 0.1) is 10.5 Å². The van der Waals surface area contributed by atoms with Gasteiger partial charge in [-0.15, -0.1) is 0 Å². The molecule has 0 bridgehead atoms. The fourth-order valence-electron chi connectivity index (χ4n) is 4.20. The average molecular weight is 603 g/mol. The van der Waals surface area contributed by atoms with E-state index in [0.29, 0.717) is 21.4 Å². The van der Waals surface area contributed by atoms with Crippen molar-refractivity contribution in [1.29, 1.82) is 5.26 Å². The van der Waals surface area contributed by atoms with Crippen molar-refractivity contribution in [3.05, 3.63) is 118 Å². The Morgan fingerprint density at radius 1 is 0.854 bits per heavy atom. The first kappa shape index (κ1) is 28.2. The van der Waals surface area contributed by atoms with Crippen LogP contribution in [0.4, 0.5) is 0 Å². The van der Waals surface area contributed by atoms with Gasteiger partial charge in [0.2, 0.25) is 0 Å². The highest BCUT2D eigenvalue weighted by molar-refractivity contribution is 8.07. The van der Waals surface area contributed by atoms with Crippen LogP contribution in [0.1, 0.15) is 16.7 Å². The number of aryl methyl sites for hydroxylation is 2. The normalized spacial score (nSPS) is 15.6. The van der Waals surface area contributed by atoms with Crippen LogP contribution < -0.4 is 4.18 Å². The summed E-state index contributed by atoms with van der Waals surface area (Å²) < 4.78 is 63.5. The van der Waals surface area contributed by atoms with E-state index in [4.69, 9.17) is 8.47 Å². The van der Waals surface area contributed by atoms with Crippen LogP contribution >= 0.6 is 11.8 Å². The number of allylic oxidation sites excluding steroid dienone is 3. The Morgan fingerprint density at radius 2 is 1.56 bits per heavy atom. The Balaban J connectivity index is 1.54. The van der Waals surface area contributed by atoms with E-state index < -0.39 is 20.2 Å². The maximum absolute atomic E-state index is 13.5. The molecule has 0 spiro atoms. The van der Waals surface area contributed by atoms with Gasteiger partial charge in [0, 0.05) is 5.39 Å². The highest BCUT2D eigenvalue weighted by atomic mass is 32.2. The van der Waals surface area contributed by atoms with E-state index in [1.807, 2.05) is 32.0 Å². The highest BCUT2D eigenvalue weighted by Crippen LogP contribution is 2.37. The van der Waals surface area contributed by atoms with E-state index in [1.54, 1.807) is 47.9 Å². The zero-order valence-electron chi connectivity index (χ0n) is 21.8. The largest absolute Gasteiger partial charge is 0.378 e. The number of fused-ring (bicyclic) bond motifs is 1. The minimum atomic E-state index is -4.56. The molecule has 1 aliphatic rings. The highest BCUT2D eigenvalue weighted by Gasteiger charge is 2.26. The molecule has 0 N–H and O–H groups in total. The lowest BCUT2D eigenvalue weighted by molar-refractivity contribution is 0.340. The quantitative estimate of drug-likeness (QED) is 0.134. The standard InChI is InChI=1S/C30H22N2O6S3/c1-20-13-15-23(16-14-20)40(33,34)37-27-11-5-8-22-9-6-12-28(29(22)27)41(35,36)38-32-26-17-18-39-30(26)25(19-31)24-10-4-3-7-21(24)2/h3-18H,1-2H3/b30-25-,32-26-. The number of thioether (sulfide) groups is 1. The van der Waals surface area contributed by atoms with Gasteiger partial charge in [-0.05, 0) is 66.1 Å². The van der Waals surface area contributed by atoms with Gasteiger partial charge in [-0.3, -0.25) is 4.28 Å². The van der Waals surface area contributed by atoms with E-state index in [2.05, 4.69) is 11.2 Å². The summed E-state index contributed by atoms with van der Waals surface area (Å²) in [4.78, 5) is 0.0478. The first-order chi connectivity index (χ1) is 19.6. The maximum atomic E-state index is 13.5. The summed E-state index contributed by atoms with van der Waals surface area (Å²) in [5.74, 6) is -0.179. The summed E-state index contributed by atoms with van der Waals surface area (Å²) in [6, 6.07) is 24.6. The van der Waals surface area contributed by atoms with E-state index in [-0.39, 0.29) is 26.6 Å². The van der Waals surface area contributed by atoms with Crippen molar-refractivity contribution in [2.24, 2.45) is 5.16 Å². The Hall–Kier alpha value is -4.37. The number of hydrogen-bond donors (Lipinski definition) is 0. The van der Waals surface area contributed by atoms with Crippen LogP contribution in [0, 0.1) is 25.2 Å². The van der Waals surface area contributed by atoms with Crippen LogP contribution in [0.25, 0.3) is 16.3 Å². The fraction of sp³-hybridized carbons (Fsp3) is 0.0667. The second-order valence-electron chi connectivity index (χ2n) is 9.02. The zero-order valence-corrected chi connectivity index (χ0v) is 24.3. The molecule has 1 heterocycles. The molecule has 0 atom stereocenters. The number of nitriles is 1. The average Bonchev–Trinajstić information content (AvgIpc) is 3.42. The number of nitrogens with zero attached hydrogens (tertiary/aromatic N) is 2. The van der Waals surface area contributed by atoms with Gasteiger partial charge in [-0.25, -0.2) is 0 Å². The van der Waals surface area contributed by atoms with Crippen LogP contribution in [-0.2, 0) is 24.5 Å². The van der Waals surface area contributed by atoms with Crippen molar-refractivity contribution in [2.75, 3.05) is 0 Å². The summed E-state index contributed by atoms with van der Waals surface area (Å²) in [6.45, 7) is 3.70. The first-order valence-electron chi connectivity index (χ1n) is 12.2. The zero-order chi connectivity index (χ0) is 29.2. The number of rotatable bonds is 7. The third kappa shape index (κ3) is 5.76. The predicted molar refractivity (Wildman–Crippen MR) is 159 cm³/mol. The summed E-state index contributed by atoms with van der Waals surface area (Å²) in [5, 5.41) is 15.9. The Morgan fingerprint density at radius 3 is 2.27 bits per heavy atom. The molecular weight excluding hydrogens is 581 g/mol. The molecule has 0 saturated heterocycles. The van der Waals surface area contributed by atoms with Gasteiger partial charge in [0.15, 0.2) is 5.75 Å². The molecule has 0 radical (unpaired) electrons. The van der Waals surface area contributed by atoms with Crippen molar-refractivity contribution in [3.63, 3.8) is 0 Å². The Labute approximate surface area is 242 Å². The molecule has 0 amide bonds. The van der Waals surface area contributed by atoms with E-state index >= 15 is 0 Å². The summed E-state index contributed by atoms with van der Waals surface area (Å²) in [7, 11) is -8.83. The lowest BCUT2D eigenvalue weighted by atomic mass is 10.0. The molecule has 4 aromatic carbocycles. The molecule has 41 heavy (non-hydrogen) atoms. The Bertz CT molecular complexity index is 2020. The maximum Gasteiger partial charge on any atom is 0.359 e. The lowest BCUT2D eigenvalue weighted by Gasteiger charge is -2.13. The second-order valence-corrected chi connectivity index (χ2v) is 13.0.